The van der Waals surface area contributed by atoms with Gasteiger partial charge in [0, 0.05) is 17.4 Å². The summed E-state index contributed by atoms with van der Waals surface area (Å²) in [5.41, 5.74) is 0.882. The second-order valence-corrected chi connectivity index (χ2v) is 3.41. The summed E-state index contributed by atoms with van der Waals surface area (Å²) < 4.78 is 0. The number of rotatable bonds is 1. The van der Waals surface area contributed by atoms with Crippen LogP contribution in [0.3, 0.4) is 0 Å². The van der Waals surface area contributed by atoms with Crippen LogP contribution in [0, 0.1) is 11.8 Å². The Morgan fingerprint density at radius 1 is 1.31 bits per heavy atom. The summed E-state index contributed by atoms with van der Waals surface area (Å²) in [6, 6.07) is 7.83. The maximum absolute atomic E-state index is 10.6. The zero-order valence-corrected chi connectivity index (χ0v) is 8.44. The molecule has 0 aliphatic rings. The largest absolute Gasteiger partial charge is 0.285 e. The van der Waals surface area contributed by atoms with Gasteiger partial charge in [-0.3, -0.25) is 4.79 Å². The molecule has 1 aromatic rings. The molecule has 66 valence electrons. The van der Waals surface area contributed by atoms with Gasteiger partial charge >= 0.3 is 0 Å². The summed E-state index contributed by atoms with van der Waals surface area (Å²) in [5.74, 6) is 5.19. The number of Topliss-reactive ketones (excluding diaryl/α,β-unsaturated/α-hetero) is 1. The Labute approximate surface area is 82.5 Å². The average Bonchev–Trinajstić information content (AvgIpc) is 2.15. The highest BCUT2D eigenvalue weighted by molar-refractivity contribution is 7.98. The molecule has 13 heavy (non-hydrogen) atoms. The minimum Gasteiger partial charge on any atom is -0.285 e. The van der Waals surface area contributed by atoms with Crippen LogP contribution in [0.15, 0.2) is 29.2 Å². The number of carbonyl (C=O) groups is 1. The topological polar surface area (TPSA) is 17.1 Å². The molecule has 0 bridgehead atoms. The number of carbonyl (C=O) groups excluding carboxylic acids is 1. The lowest BCUT2D eigenvalue weighted by molar-refractivity contribution is -0.111. The highest BCUT2D eigenvalue weighted by atomic mass is 32.2. The lowest BCUT2D eigenvalue weighted by Crippen LogP contribution is -1.81. The van der Waals surface area contributed by atoms with Gasteiger partial charge in [0.25, 0.3) is 0 Å². The highest BCUT2D eigenvalue weighted by Gasteiger charge is 1.89. The van der Waals surface area contributed by atoms with Gasteiger partial charge in [-0.2, -0.15) is 0 Å². The van der Waals surface area contributed by atoms with Crippen LogP contribution in [-0.2, 0) is 4.79 Å². The van der Waals surface area contributed by atoms with Gasteiger partial charge in [-0.1, -0.05) is 5.92 Å². The summed E-state index contributed by atoms with van der Waals surface area (Å²) in [6.07, 6.45) is 2.02. The molecule has 0 atom stereocenters. The standard InChI is InChI=1S/C11H10OS/c1-9(12)3-4-10-5-7-11(13-2)8-6-10/h5-8H,1-2H3. The fraction of sp³-hybridized carbons (Fsp3) is 0.182. The summed E-state index contributed by atoms with van der Waals surface area (Å²) in [7, 11) is 0. The van der Waals surface area contributed by atoms with Crippen LogP contribution in [0.4, 0.5) is 0 Å². The zero-order chi connectivity index (χ0) is 9.68. The normalized spacial score (nSPS) is 8.77. The van der Waals surface area contributed by atoms with Gasteiger partial charge in [-0.05, 0) is 36.4 Å². The molecule has 0 fully saturated rings. The monoisotopic (exact) mass is 190 g/mol. The van der Waals surface area contributed by atoms with Crippen LogP contribution in [0.5, 0.6) is 0 Å². The van der Waals surface area contributed by atoms with E-state index in [0.29, 0.717) is 0 Å². The first-order valence-electron chi connectivity index (χ1n) is 3.89. The Morgan fingerprint density at radius 2 is 1.92 bits per heavy atom. The van der Waals surface area contributed by atoms with Crippen molar-refractivity contribution < 1.29 is 4.79 Å². The molecule has 1 aromatic carbocycles. The lowest BCUT2D eigenvalue weighted by Gasteiger charge is -1.94. The first-order valence-corrected chi connectivity index (χ1v) is 5.11. The number of ketones is 1. The van der Waals surface area contributed by atoms with Gasteiger partial charge in [0.2, 0.25) is 5.78 Å². The Morgan fingerprint density at radius 3 is 2.38 bits per heavy atom. The van der Waals surface area contributed by atoms with Gasteiger partial charge in [-0.25, -0.2) is 0 Å². The molecule has 0 aromatic heterocycles. The molecule has 0 radical (unpaired) electrons. The Bertz CT molecular complexity index is 354. The van der Waals surface area contributed by atoms with Crippen LogP contribution in [-0.4, -0.2) is 12.0 Å². The van der Waals surface area contributed by atoms with E-state index in [0.717, 1.165) is 5.56 Å². The van der Waals surface area contributed by atoms with Crippen LogP contribution >= 0.6 is 11.8 Å². The Balaban J connectivity index is 2.83. The third kappa shape index (κ3) is 3.35. The van der Waals surface area contributed by atoms with Crippen molar-refractivity contribution in [1.29, 1.82) is 0 Å². The number of hydrogen-bond acceptors (Lipinski definition) is 2. The number of hydrogen-bond donors (Lipinski definition) is 0. The second-order valence-electron chi connectivity index (χ2n) is 2.53. The first kappa shape index (κ1) is 9.88. The molecule has 0 aliphatic carbocycles. The van der Waals surface area contributed by atoms with E-state index in [1.165, 1.54) is 11.8 Å². The zero-order valence-electron chi connectivity index (χ0n) is 7.63. The van der Waals surface area contributed by atoms with E-state index in [9.17, 15) is 4.79 Å². The van der Waals surface area contributed by atoms with E-state index >= 15 is 0 Å². The third-order valence-electron chi connectivity index (χ3n) is 1.47. The fourth-order valence-electron chi connectivity index (χ4n) is 0.835. The molecule has 0 heterocycles. The number of thioether (sulfide) groups is 1. The quantitative estimate of drug-likeness (QED) is 0.499. The maximum atomic E-state index is 10.6. The average molecular weight is 190 g/mol. The Kier molecular flexibility index (Phi) is 3.60. The summed E-state index contributed by atoms with van der Waals surface area (Å²) in [6.45, 7) is 1.46. The minimum absolute atomic E-state index is 0.103. The van der Waals surface area contributed by atoms with Crippen molar-refractivity contribution in [2.45, 2.75) is 11.8 Å². The molecule has 2 heteroatoms. The minimum atomic E-state index is -0.103. The Hall–Kier alpha value is -1.20. The molecule has 0 N–H and O–H groups in total. The smallest absolute Gasteiger partial charge is 0.202 e. The van der Waals surface area contributed by atoms with Crippen molar-refractivity contribution >= 4 is 17.5 Å². The first-order chi connectivity index (χ1) is 6.22. The molecular weight excluding hydrogens is 180 g/mol. The molecule has 0 aliphatic heterocycles. The molecule has 0 saturated carbocycles. The lowest BCUT2D eigenvalue weighted by atomic mass is 10.2. The van der Waals surface area contributed by atoms with Crippen molar-refractivity contribution in [3.05, 3.63) is 29.8 Å². The summed E-state index contributed by atoms with van der Waals surface area (Å²) in [4.78, 5) is 11.8. The van der Waals surface area contributed by atoms with Gasteiger partial charge in [0.1, 0.15) is 0 Å². The van der Waals surface area contributed by atoms with Crippen LogP contribution < -0.4 is 0 Å². The predicted octanol–water partition coefficient (Wildman–Crippen LogP) is 2.35. The van der Waals surface area contributed by atoms with Crippen molar-refractivity contribution in [3.63, 3.8) is 0 Å². The molecule has 1 rings (SSSR count). The van der Waals surface area contributed by atoms with E-state index in [-0.39, 0.29) is 5.78 Å². The molecule has 0 saturated heterocycles. The predicted molar refractivity (Wildman–Crippen MR) is 55.8 cm³/mol. The van der Waals surface area contributed by atoms with Crippen molar-refractivity contribution in [1.82, 2.24) is 0 Å². The van der Waals surface area contributed by atoms with E-state index < -0.39 is 0 Å². The van der Waals surface area contributed by atoms with E-state index in [4.69, 9.17) is 0 Å². The summed E-state index contributed by atoms with van der Waals surface area (Å²) in [5, 5.41) is 0. The maximum Gasteiger partial charge on any atom is 0.202 e. The number of benzene rings is 1. The van der Waals surface area contributed by atoms with Crippen molar-refractivity contribution in [3.8, 4) is 11.8 Å². The van der Waals surface area contributed by atoms with E-state index in [2.05, 4.69) is 11.8 Å². The van der Waals surface area contributed by atoms with Crippen LogP contribution in [0.1, 0.15) is 12.5 Å². The third-order valence-corrected chi connectivity index (χ3v) is 2.22. The highest BCUT2D eigenvalue weighted by Crippen LogP contribution is 2.14. The SMILES string of the molecule is CSc1ccc(C#CC(C)=O)cc1. The molecule has 0 spiro atoms. The van der Waals surface area contributed by atoms with Gasteiger partial charge in [-0.15, -0.1) is 11.8 Å². The van der Waals surface area contributed by atoms with Gasteiger partial charge in [0.05, 0.1) is 0 Å². The van der Waals surface area contributed by atoms with E-state index in [1.54, 1.807) is 11.8 Å². The van der Waals surface area contributed by atoms with E-state index in [1.807, 2.05) is 30.5 Å². The molecule has 0 unspecified atom stereocenters. The van der Waals surface area contributed by atoms with Crippen molar-refractivity contribution in [2.24, 2.45) is 0 Å². The summed E-state index contributed by atoms with van der Waals surface area (Å²) >= 11 is 1.69. The fourth-order valence-corrected chi connectivity index (χ4v) is 1.24. The molecular formula is C11H10OS. The second kappa shape index (κ2) is 4.74. The van der Waals surface area contributed by atoms with Crippen LogP contribution in [0.25, 0.3) is 0 Å². The van der Waals surface area contributed by atoms with Gasteiger partial charge < -0.3 is 0 Å². The van der Waals surface area contributed by atoms with Gasteiger partial charge in [0.15, 0.2) is 0 Å². The van der Waals surface area contributed by atoms with Crippen molar-refractivity contribution in [2.75, 3.05) is 6.26 Å². The van der Waals surface area contributed by atoms with Crippen LogP contribution in [0.2, 0.25) is 0 Å². The molecule has 0 amide bonds. The molecule has 1 nitrogen and oxygen atoms in total.